The SMILES string of the molecule is BC1(C)Oc2ccc(B3OC(C)(C)C(C)(C)O3)c(F)c2OC1(B)C. The molecule has 0 N–H and O–H groups in total. The fraction of sp³-hybridized carbons (Fsp3) is 0.625. The van der Waals surface area contributed by atoms with Crippen molar-refractivity contribution < 1.29 is 23.2 Å². The summed E-state index contributed by atoms with van der Waals surface area (Å²) in [6, 6.07) is 3.36. The zero-order valence-electron chi connectivity index (χ0n) is 15.7. The van der Waals surface area contributed by atoms with Crippen molar-refractivity contribution in [1.29, 1.82) is 0 Å². The molecule has 3 rings (SSSR count). The first-order valence-corrected chi connectivity index (χ1v) is 8.33. The fourth-order valence-corrected chi connectivity index (χ4v) is 2.66. The van der Waals surface area contributed by atoms with Crippen molar-refractivity contribution in [1.82, 2.24) is 0 Å². The molecule has 1 saturated heterocycles. The van der Waals surface area contributed by atoms with Gasteiger partial charge in [0.25, 0.3) is 0 Å². The average Bonchev–Trinajstić information content (AvgIpc) is 2.61. The Kier molecular flexibility index (Phi) is 3.64. The van der Waals surface area contributed by atoms with Crippen LogP contribution in [0.25, 0.3) is 0 Å². The van der Waals surface area contributed by atoms with Gasteiger partial charge in [0, 0.05) is 5.46 Å². The van der Waals surface area contributed by atoms with Crippen LogP contribution in [0.15, 0.2) is 12.1 Å². The van der Waals surface area contributed by atoms with E-state index in [0.29, 0.717) is 11.2 Å². The van der Waals surface area contributed by atoms with Gasteiger partial charge >= 0.3 is 7.12 Å². The van der Waals surface area contributed by atoms with Gasteiger partial charge in [0.1, 0.15) is 11.0 Å². The maximum atomic E-state index is 15.1. The molecule has 0 aromatic heterocycles. The summed E-state index contributed by atoms with van der Waals surface area (Å²) < 4.78 is 39.0. The zero-order valence-corrected chi connectivity index (χ0v) is 15.7. The van der Waals surface area contributed by atoms with Gasteiger partial charge in [-0.05, 0) is 47.6 Å². The van der Waals surface area contributed by atoms with Crippen LogP contribution in [-0.2, 0) is 9.31 Å². The molecular formula is C16H24B3FO4. The molecule has 0 amide bonds. The van der Waals surface area contributed by atoms with Crippen LogP contribution >= 0.6 is 0 Å². The van der Waals surface area contributed by atoms with Gasteiger partial charge in [-0.3, -0.25) is 0 Å². The molecule has 1 fully saturated rings. The number of benzene rings is 1. The number of rotatable bonds is 1. The van der Waals surface area contributed by atoms with E-state index < -0.39 is 35.1 Å². The standard InChI is InChI=1S/C16H24B3FO4/c1-13(2)14(3,4)24-19(23-13)9-7-8-10-12(11(9)20)22-16(6,18)15(5,17)21-10/h7-8H,17-18H2,1-6H3. The van der Waals surface area contributed by atoms with E-state index in [1.807, 2.05) is 57.2 Å². The van der Waals surface area contributed by atoms with Crippen LogP contribution < -0.4 is 14.9 Å². The summed E-state index contributed by atoms with van der Waals surface area (Å²) in [5.41, 5.74) is -1.98. The van der Waals surface area contributed by atoms with Gasteiger partial charge in [-0.2, -0.15) is 0 Å². The maximum Gasteiger partial charge on any atom is 0.498 e. The quantitative estimate of drug-likeness (QED) is 0.706. The largest absolute Gasteiger partial charge is 0.498 e. The number of ether oxygens (including phenoxy) is 2. The van der Waals surface area contributed by atoms with E-state index in [0.717, 1.165) is 0 Å². The minimum absolute atomic E-state index is 0.117. The highest BCUT2D eigenvalue weighted by molar-refractivity contribution is 6.62. The molecule has 128 valence electrons. The van der Waals surface area contributed by atoms with Gasteiger partial charge in [0.15, 0.2) is 33.0 Å². The maximum absolute atomic E-state index is 15.1. The minimum Gasteiger partial charge on any atom is -0.490 e. The van der Waals surface area contributed by atoms with Crippen molar-refractivity contribution in [3.05, 3.63) is 17.9 Å². The number of fused-ring (bicyclic) bond motifs is 1. The highest BCUT2D eigenvalue weighted by Gasteiger charge is 2.53. The Morgan fingerprint density at radius 3 is 1.92 bits per heavy atom. The van der Waals surface area contributed by atoms with E-state index in [1.54, 1.807) is 12.1 Å². The number of halogens is 1. The fourth-order valence-electron chi connectivity index (χ4n) is 2.66. The first-order valence-electron chi connectivity index (χ1n) is 8.33. The molecule has 0 spiro atoms. The van der Waals surface area contributed by atoms with E-state index in [-0.39, 0.29) is 5.75 Å². The lowest BCUT2D eigenvalue weighted by molar-refractivity contribution is -0.0200. The van der Waals surface area contributed by atoms with Crippen molar-refractivity contribution >= 4 is 28.3 Å². The van der Waals surface area contributed by atoms with Crippen LogP contribution in [0.5, 0.6) is 11.5 Å². The summed E-state index contributed by atoms with van der Waals surface area (Å²) in [5, 5.41) is 0. The second kappa shape index (κ2) is 4.95. The van der Waals surface area contributed by atoms with Gasteiger partial charge in [0.05, 0.1) is 11.2 Å². The van der Waals surface area contributed by atoms with Gasteiger partial charge in [-0.1, -0.05) is 6.07 Å². The van der Waals surface area contributed by atoms with Gasteiger partial charge < -0.3 is 18.8 Å². The molecule has 1 aromatic rings. The molecule has 0 aliphatic carbocycles. The molecule has 0 saturated carbocycles. The Bertz CT molecular complexity index is 672. The summed E-state index contributed by atoms with van der Waals surface area (Å²) in [7, 11) is 3.04. The molecule has 2 aliphatic heterocycles. The molecular weight excluding hydrogens is 308 g/mol. The third-order valence-corrected chi connectivity index (χ3v) is 5.77. The summed E-state index contributed by atoms with van der Waals surface area (Å²) in [4.78, 5) is 0. The van der Waals surface area contributed by atoms with Crippen LogP contribution in [-0.4, -0.2) is 45.0 Å². The summed E-state index contributed by atoms with van der Waals surface area (Å²) in [6.45, 7) is 11.6. The molecule has 0 radical (unpaired) electrons. The summed E-state index contributed by atoms with van der Waals surface area (Å²) in [5.74, 6) is 0.0261. The van der Waals surface area contributed by atoms with Crippen LogP contribution in [0.3, 0.4) is 0 Å². The van der Waals surface area contributed by atoms with Gasteiger partial charge in [-0.25, -0.2) is 4.39 Å². The predicted octanol–water partition coefficient (Wildman–Crippen LogP) is 0.595. The Morgan fingerprint density at radius 1 is 0.875 bits per heavy atom. The van der Waals surface area contributed by atoms with Gasteiger partial charge in [0.2, 0.25) is 0 Å². The molecule has 2 atom stereocenters. The Balaban J connectivity index is 2.01. The Labute approximate surface area is 145 Å². The number of hydrogen-bond acceptors (Lipinski definition) is 4. The molecule has 1 aromatic carbocycles. The Morgan fingerprint density at radius 2 is 1.38 bits per heavy atom. The van der Waals surface area contributed by atoms with Crippen molar-refractivity contribution in [3.63, 3.8) is 0 Å². The van der Waals surface area contributed by atoms with Crippen molar-refractivity contribution in [2.45, 2.75) is 63.7 Å². The third kappa shape index (κ3) is 2.46. The number of hydrogen-bond donors (Lipinski definition) is 0. The van der Waals surface area contributed by atoms with E-state index in [9.17, 15) is 0 Å². The van der Waals surface area contributed by atoms with E-state index in [2.05, 4.69) is 0 Å². The molecule has 0 bridgehead atoms. The molecule has 4 nitrogen and oxygen atoms in total. The van der Waals surface area contributed by atoms with Crippen molar-refractivity contribution in [2.75, 3.05) is 0 Å². The van der Waals surface area contributed by atoms with E-state index >= 15 is 4.39 Å². The van der Waals surface area contributed by atoms with Gasteiger partial charge in [-0.15, -0.1) is 0 Å². The lowest BCUT2D eigenvalue weighted by atomic mass is 9.60. The average molecular weight is 332 g/mol. The highest BCUT2D eigenvalue weighted by atomic mass is 19.1. The Hall–Kier alpha value is -1.14. The van der Waals surface area contributed by atoms with E-state index in [4.69, 9.17) is 18.8 Å². The summed E-state index contributed by atoms with van der Waals surface area (Å²) >= 11 is 0. The lowest BCUT2D eigenvalue weighted by Gasteiger charge is -2.46. The van der Waals surface area contributed by atoms with Crippen molar-refractivity contribution in [3.8, 4) is 11.5 Å². The molecule has 2 heterocycles. The second-order valence-electron chi connectivity index (χ2n) is 8.61. The predicted molar refractivity (Wildman–Crippen MR) is 97.3 cm³/mol. The van der Waals surface area contributed by atoms with E-state index in [1.165, 1.54) is 0 Å². The molecule has 8 heteroatoms. The highest BCUT2D eigenvalue weighted by Crippen LogP contribution is 2.43. The van der Waals surface area contributed by atoms with Crippen LogP contribution in [0.1, 0.15) is 41.5 Å². The normalized spacial score (nSPS) is 33.5. The van der Waals surface area contributed by atoms with Crippen molar-refractivity contribution in [2.24, 2.45) is 0 Å². The van der Waals surface area contributed by atoms with Crippen LogP contribution in [0.4, 0.5) is 4.39 Å². The smallest absolute Gasteiger partial charge is 0.490 e. The van der Waals surface area contributed by atoms with Crippen LogP contribution in [0.2, 0.25) is 0 Å². The molecule has 24 heavy (non-hydrogen) atoms. The third-order valence-electron chi connectivity index (χ3n) is 5.77. The minimum atomic E-state index is -0.776. The lowest BCUT2D eigenvalue weighted by Crippen LogP contribution is -2.61. The zero-order chi connectivity index (χ0) is 18.1. The monoisotopic (exact) mass is 332 g/mol. The topological polar surface area (TPSA) is 36.9 Å². The molecule has 2 aliphatic rings. The molecule has 2 unspecified atom stereocenters. The second-order valence-corrected chi connectivity index (χ2v) is 8.61. The first-order chi connectivity index (χ1) is 10.8. The van der Waals surface area contributed by atoms with Crippen LogP contribution in [0, 0.1) is 5.82 Å². The first kappa shape index (κ1) is 17.7. The summed E-state index contributed by atoms with van der Waals surface area (Å²) in [6.07, 6.45) is 0.